The molecule has 2 aromatic rings. The lowest BCUT2D eigenvalue weighted by atomic mass is 9.99. The van der Waals surface area contributed by atoms with Crippen LogP contribution in [0.3, 0.4) is 0 Å². The molecule has 1 unspecified atom stereocenters. The van der Waals surface area contributed by atoms with Gasteiger partial charge in [0.25, 0.3) is 0 Å². The van der Waals surface area contributed by atoms with Gasteiger partial charge in [-0.3, -0.25) is 0 Å². The van der Waals surface area contributed by atoms with E-state index >= 15 is 0 Å². The van der Waals surface area contributed by atoms with Gasteiger partial charge in [0.1, 0.15) is 12.4 Å². The van der Waals surface area contributed by atoms with Crippen LogP contribution < -0.4 is 10.5 Å². The average Bonchev–Trinajstić information content (AvgIpc) is 2.53. The SMILES string of the molecule is CCC(C)c1ccc(OCc2ccc(CN)cc2Br)cc1. The largest absolute Gasteiger partial charge is 0.489 e. The lowest BCUT2D eigenvalue weighted by Crippen LogP contribution is -2.00. The summed E-state index contributed by atoms with van der Waals surface area (Å²) in [7, 11) is 0. The Bertz CT molecular complexity index is 580. The Kier molecular flexibility index (Phi) is 5.83. The molecule has 0 aliphatic rings. The molecule has 2 N–H and O–H groups in total. The van der Waals surface area contributed by atoms with E-state index in [9.17, 15) is 0 Å². The molecule has 0 spiro atoms. The number of rotatable bonds is 6. The lowest BCUT2D eigenvalue weighted by Gasteiger charge is -2.12. The monoisotopic (exact) mass is 347 g/mol. The topological polar surface area (TPSA) is 35.2 Å². The molecule has 0 amide bonds. The molecule has 0 saturated heterocycles. The molecule has 0 aliphatic heterocycles. The Hall–Kier alpha value is -1.32. The zero-order valence-corrected chi connectivity index (χ0v) is 14.2. The van der Waals surface area contributed by atoms with Crippen molar-refractivity contribution in [3.8, 4) is 5.75 Å². The summed E-state index contributed by atoms with van der Waals surface area (Å²) in [5.41, 5.74) is 9.23. The summed E-state index contributed by atoms with van der Waals surface area (Å²) in [6, 6.07) is 14.5. The smallest absolute Gasteiger partial charge is 0.119 e. The summed E-state index contributed by atoms with van der Waals surface area (Å²) < 4.78 is 6.90. The van der Waals surface area contributed by atoms with Crippen LogP contribution in [0, 0.1) is 0 Å². The van der Waals surface area contributed by atoms with Crippen molar-refractivity contribution in [1.82, 2.24) is 0 Å². The van der Waals surface area contributed by atoms with E-state index in [0.29, 0.717) is 19.1 Å². The molecule has 0 aromatic heterocycles. The van der Waals surface area contributed by atoms with Crippen molar-refractivity contribution in [3.05, 3.63) is 63.6 Å². The summed E-state index contributed by atoms with van der Waals surface area (Å²) >= 11 is 3.57. The fourth-order valence-electron chi connectivity index (χ4n) is 2.12. The van der Waals surface area contributed by atoms with E-state index in [2.05, 4.69) is 48.0 Å². The summed E-state index contributed by atoms with van der Waals surface area (Å²) in [5, 5.41) is 0. The molecule has 0 radical (unpaired) electrons. The second-order valence-electron chi connectivity index (χ2n) is 5.30. The van der Waals surface area contributed by atoms with Crippen molar-refractivity contribution in [2.24, 2.45) is 5.73 Å². The second kappa shape index (κ2) is 7.62. The molecule has 2 aromatic carbocycles. The van der Waals surface area contributed by atoms with Crippen molar-refractivity contribution < 1.29 is 4.74 Å². The third kappa shape index (κ3) is 4.32. The molecule has 112 valence electrons. The van der Waals surface area contributed by atoms with Crippen molar-refractivity contribution in [2.75, 3.05) is 0 Å². The highest BCUT2D eigenvalue weighted by Gasteiger charge is 2.05. The third-order valence-corrected chi connectivity index (χ3v) is 4.55. The number of nitrogens with two attached hydrogens (primary N) is 1. The van der Waals surface area contributed by atoms with Gasteiger partial charge in [-0.2, -0.15) is 0 Å². The van der Waals surface area contributed by atoms with Gasteiger partial charge in [-0.1, -0.05) is 54.0 Å². The number of benzene rings is 2. The van der Waals surface area contributed by atoms with Gasteiger partial charge in [-0.15, -0.1) is 0 Å². The number of hydrogen-bond donors (Lipinski definition) is 1. The number of ether oxygens (including phenoxy) is 1. The van der Waals surface area contributed by atoms with E-state index in [0.717, 1.165) is 27.8 Å². The first-order valence-corrected chi connectivity index (χ1v) is 8.13. The highest BCUT2D eigenvalue weighted by Crippen LogP contribution is 2.24. The molecule has 2 nitrogen and oxygen atoms in total. The average molecular weight is 348 g/mol. The first kappa shape index (κ1) is 16.1. The number of hydrogen-bond acceptors (Lipinski definition) is 2. The molecule has 0 fully saturated rings. The van der Waals surface area contributed by atoms with Gasteiger partial charge in [0.15, 0.2) is 0 Å². The van der Waals surface area contributed by atoms with Crippen LogP contribution in [0.5, 0.6) is 5.75 Å². The Morgan fingerprint density at radius 3 is 2.43 bits per heavy atom. The van der Waals surface area contributed by atoms with Crippen LogP contribution in [-0.4, -0.2) is 0 Å². The first-order valence-electron chi connectivity index (χ1n) is 7.34. The van der Waals surface area contributed by atoms with Crippen LogP contribution in [0.4, 0.5) is 0 Å². The first-order chi connectivity index (χ1) is 10.1. The summed E-state index contributed by atoms with van der Waals surface area (Å²) in [6.45, 7) is 5.55. The molecule has 21 heavy (non-hydrogen) atoms. The van der Waals surface area contributed by atoms with Crippen molar-refractivity contribution in [1.29, 1.82) is 0 Å². The molecular formula is C18H22BrNO. The molecule has 0 saturated carbocycles. The quantitative estimate of drug-likeness (QED) is 0.797. The minimum atomic E-state index is 0.550. The van der Waals surface area contributed by atoms with Gasteiger partial charge in [0.2, 0.25) is 0 Å². The fraction of sp³-hybridized carbons (Fsp3) is 0.333. The Balaban J connectivity index is 1.99. The Morgan fingerprint density at radius 1 is 1.14 bits per heavy atom. The van der Waals surface area contributed by atoms with Crippen molar-refractivity contribution >= 4 is 15.9 Å². The van der Waals surface area contributed by atoms with E-state index in [-0.39, 0.29) is 0 Å². The standard InChI is InChI=1S/C18H22BrNO/c1-3-13(2)15-6-8-17(9-7-15)21-12-16-5-4-14(11-20)10-18(16)19/h4-10,13H,3,11-12,20H2,1-2H3. The van der Waals surface area contributed by atoms with Crippen LogP contribution in [-0.2, 0) is 13.2 Å². The zero-order valence-electron chi connectivity index (χ0n) is 12.6. The van der Waals surface area contributed by atoms with Crippen LogP contribution in [0.2, 0.25) is 0 Å². The maximum atomic E-state index is 5.85. The molecule has 1 atom stereocenters. The van der Waals surface area contributed by atoms with Crippen molar-refractivity contribution in [2.45, 2.75) is 39.3 Å². The molecule has 3 heteroatoms. The van der Waals surface area contributed by atoms with E-state index in [1.807, 2.05) is 24.3 Å². The van der Waals surface area contributed by atoms with Gasteiger partial charge in [-0.25, -0.2) is 0 Å². The van der Waals surface area contributed by atoms with Crippen LogP contribution in [0.1, 0.15) is 42.9 Å². The summed E-state index contributed by atoms with van der Waals surface area (Å²) in [6.07, 6.45) is 1.15. The van der Waals surface area contributed by atoms with E-state index in [1.165, 1.54) is 5.56 Å². The van der Waals surface area contributed by atoms with Crippen LogP contribution in [0.15, 0.2) is 46.9 Å². The minimum absolute atomic E-state index is 0.550. The predicted molar refractivity (Wildman–Crippen MR) is 91.5 cm³/mol. The van der Waals surface area contributed by atoms with Gasteiger partial charge in [0, 0.05) is 16.6 Å². The molecule has 0 heterocycles. The maximum absolute atomic E-state index is 5.85. The molecule has 0 bridgehead atoms. The Morgan fingerprint density at radius 2 is 1.86 bits per heavy atom. The Labute approximate surface area is 135 Å². The van der Waals surface area contributed by atoms with E-state index in [4.69, 9.17) is 10.5 Å². The summed E-state index contributed by atoms with van der Waals surface area (Å²) in [4.78, 5) is 0. The molecule has 2 rings (SSSR count). The van der Waals surface area contributed by atoms with Crippen molar-refractivity contribution in [3.63, 3.8) is 0 Å². The number of halogens is 1. The van der Waals surface area contributed by atoms with Crippen LogP contribution >= 0.6 is 15.9 Å². The third-order valence-electron chi connectivity index (χ3n) is 3.81. The lowest BCUT2D eigenvalue weighted by molar-refractivity contribution is 0.305. The fourth-order valence-corrected chi connectivity index (χ4v) is 2.66. The maximum Gasteiger partial charge on any atom is 0.119 e. The van der Waals surface area contributed by atoms with Gasteiger partial charge in [-0.05, 0) is 41.7 Å². The highest BCUT2D eigenvalue weighted by molar-refractivity contribution is 9.10. The van der Waals surface area contributed by atoms with E-state index < -0.39 is 0 Å². The summed E-state index contributed by atoms with van der Waals surface area (Å²) in [5.74, 6) is 1.49. The zero-order chi connectivity index (χ0) is 15.2. The second-order valence-corrected chi connectivity index (χ2v) is 6.15. The predicted octanol–water partition coefficient (Wildman–Crippen LogP) is 5.00. The highest BCUT2D eigenvalue weighted by atomic mass is 79.9. The normalized spacial score (nSPS) is 12.2. The molecule has 0 aliphatic carbocycles. The van der Waals surface area contributed by atoms with Gasteiger partial charge in [0.05, 0.1) is 0 Å². The van der Waals surface area contributed by atoms with Crippen LogP contribution in [0.25, 0.3) is 0 Å². The van der Waals surface area contributed by atoms with E-state index in [1.54, 1.807) is 0 Å². The van der Waals surface area contributed by atoms with Gasteiger partial charge < -0.3 is 10.5 Å². The minimum Gasteiger partial charge on any atom is -0.489 e. The molecular weight excluding hydrogens is 326 g/mol. The van der Waals surface area contributed by atoms with Gasteiger partial charge >= 0.3 is 0 Å².